The van der Waals surface area contributed by atoms with Gasteiger partial charge in [-0.15, -0.1) is 0 Å². The first kappa shape index (κ1) is 14.9. The number of hydrogen-bond donors (Lipinski definition) is 0. The molecule has 1 aromatic rings. The van der Waals surface area contributed by atoms with Gasteiger partial charge in [0.25, 0.3) is 0 Å². The van der Waals surface area contributed by atoms with Gasteiger partial charge in [0, 0.05) is 23.7 Å². The summed E-state index contributed by atoms with van der Waals surface area (Å²) in [5.74, 6) is 0.803. The van der Waals surface area contributed by atoms with Crippen LogP contribution >= 0.6 is 0 Å². The highest BCUT2D eigenvalue weighted by molar-refractivity contribution is 5.79. The van der Waals surface area contributed by atoms with Gasteiger partial charge < -0.3 is 4.74 Å². The maximum atomic E-state index is 12.0. The zero-order chi connectivity index (χ0) is 15.1. The van der Waals surface area contributed by atoms with Crippen LogP contribution in [0.5, 0.6) is 0 Å². The Morgan fingerprint density at radius 3 is 2.30 bits per heavy atom. The molecule has 4 nitrogen and oxygen atoms in total. The summed E-state index contributed by atoms with van der Waals surface area (Å²) in [6.07, 6.45) is 3.72. The quantitative estimate of drug-likeness (QED) is 0.796. The van der Waals surface area contributed by atoms with Crippen molar-refractivity contribution in [3.8, 4) is 0 Å². The molecule has 0 saturated heterocycles. The Hall–Kier alpha value is -1.45. The minimum atomic E-state index is -0.109. The highest BCUT2D eigenvalue weighted by Crippen LogP contribution is 2.64. The molecule has 2 atom stereocenters. The van der Waals surface area contributed by atoms with E-state index in [1.165, 1.54) is 0 Å². The van der Waals surface area contributed by atoms with Crippen LogP contribution in [0.3, 0.4) is 0 Å². The van der Waals surface area contributed by atoms with Gasteiger partial charge in [-0.1, -0.05) is 34.6 Å². The maximum absolute atomic E-state index is 12.0. The molecule has 1 aromatic heterocycles. The number of aromatic nitrogens is 2. The Morgan fingerprint density at radius 1 is 1.30 bits per heavy atom. The fourth-order valence-electron chi connectivity index (χ4n) is 2.82. The van der Waals surface area contributed by atoms with Crippen LogP contribution in [0.15, 0.2) is 12.4 Å². The molecule has 0 amide bonds. The Balaban J connectivity index is 2.19. The molecule has 1 saturated carbocycles. The van der Waals surface area contributed by atoms with Gasteiger partial charge in [0.15, 0.2) is 0 Å². The first-order chi connectivity index (χ1) is 9.19. The Kier molecular flexibility index (Phi) is 3.61. The molecular formula is C16H24N2O2. The van der Waals surface area contributed by atoms with Gasteiger partial charge in [0.1, 0.15) is 5.82 Å². The summed E-state index contributed by atoms with van der Waals surface area (Å²) in [5.41, 5.74) is 0.901. The summed E-state index contributed by atoms with van der Waals surface area (Å²) >= 11 is 0. The van der Waals surface area contributed by atoms with Crippen LogP contribution in [0.2, 0.25) is 0 Å². The average Bonchev–Trinajstić information content (AvgIpc) is 2.92. The zero-order valence-electron chi connectivity index (χ0n) is 13.2. The molecule has 0 aliphatic heterocycles. The Morgan fingerprint density at radius 2 is 1.85 bits per heavy atom. The van der Waals surface area contributed by atoms with Crippen LogP contribution < -0.4 is 0 Å². The van der Waals surface area contributed by atoms with E-state index in [0.29, 0.717) is 6.61 Å². The normalized spacial score (nSPS) is 24.3. The number of ether oxygens (including phenoxy) is 1. The lowest BCUT2D eigenvalue weighted by atomic mass is 9.95. The highest BCUT2D eigenvalue weighted by atomic mass is 16.5. The van der Waals surface area contributed by atoms with Gasteiger partial charge in [-0.05, 0) is 17.9 Å². The lowest BCUT2D eigenvalue weighted by molar-refractivity contribution is -0.145. The molecule has 110 valence electrons. The topological polar surface area (TPSA) is 52.1 Å². The molecule has 0 unspecified atom stereocenters. The fraction of sp³-hybridized carbons (Fsp3) is 0.688. The number of rotatable bonds is 3. The zero-order valence-corrected chi connectivity index (χ0v) is 13.2. The first-order valence-corrected chi connectivity index (χ1v) is 7.18. The van der Waals surface area contributed by atoms with Crippen LogP contribution in [-0.2, 0) is 14.9 Å². The predicted octanol–water partition coefficient (Wildman–Crippen LogP) is 3.08. The largest absolute Gasteiger partial charge is 0.466 e. The van der Waals surface area contributed by atoms with Crippen molar-refractivity contribution < 1.29 is 9.53 Å². The monoisotopic (exact) mass is 276 g/mol. The summed E-state index contributed by atoms with van der Waals surface area (Å²) in [5, 5.41) is 0. The second kappa shape index (κ2) is 4.83. The van der Waals surface area contributed by atoms with Crippen molar-refractivity contribution in [2.24, 2.45) is 11.3 Å². The summed E-state index contributed by atoms with van der Waals surface area (Å²) in [6, 6.07) is 0. The summed E-state index contributed by atoms with van der Waals surface area (Å²) in [6.45, 7) is 12.7. The summed E-state index contributed by atoms with van der Waals surface area (Å²) < 4.78 is 5.15. The minimum Gasteiger partial charge on any atom is -0.466 e. The number of carbonyl (C=O) groups excluding carboxylic acids is 1. The SMILES string of the molecule is CCOC(=O)[C@@H]1[C@@H](c2cnc(C(C)(C)C)nc2)C1(C)C. The first-order valence-electron chi connectivity index (χ1n) is 7.18. The van der Waals surface area contributed by atoms with Crippen LogP contribution in [0.4, 0.5) is 0 Å². The van der Waals surface area contributed by atoms with Gasteiger partial charge in [-0.3, -0.25) is 4.79 Å². The van der Waals surface area contributed by atoms with Gasteiger partial charge in [0.05, 0.1) is 12.5 Å². The van der Waals surface area contributed by atoms with Gasteiger partial charge in [-0.25, -0.2) is 9.97 Å². The molecule has 0 spiro atoms. The molecule has 1 fully saturated rings. The van der Waals surface area contributed by atoms with Crippen molar-refractivity contribution in [3.05, 3.63) is 23.8 Å². The fourth-order valence-corrected chi connectivity index (χ4v) is 2.82. The third-order valence-electron chi connectivity index (χ3n) is 4.07. The third kappa shape index (κ3) is 2.56. The van der Waals surface area contributed by atoms with Gasteiger partial charge in [-0.2, -0.15) is 0 Å². The third-order valence-corrected chi connectivity index (χ3v) is 4.07. The number of carbonyl (C=O) groups is 1. The lowest BCUT2D eigenvalue weighted by Gasteiger charge is -2.16. The predicted molar refractivity (Wildman–Crippen MR) is 77.4 cm³/mol. The maximum Gasteiger partial charge on any atom is 0.310 e. The number of esters is 1. The van der Waals surface area contributed by atoms with Crippen LogP contribution in [0.25, 0.3) is 0 Å². The van der Waals surface area contributed by atoms with Gasteiger partial charge >= 0.3 is 5.97 Å². The van der Waals surface area contributed by atoms with E-state index in [9.17, 15) is 4.79 Å². The molecule has 1 aliphatic carbocycles. The van der Waals surface area contributed by atoms with E-state index in [4.69, 9.17) is 4.74 Å². The van der Waals surface area contributed by atoms with E-state index in [1.807, 2.05) is 19.3 Å². The van der Waals surface area contributed by atoms with Crippen molar-refractivity contribution in [2.75, 3.05) is 6.61 Å². The number of nitrogens with zero attached hydrogens (tertiary/aromatic N) is 2. The second-order valence-electron chi connectivity index (χ2n) is 7.12. The minimum absolute atomic E-state index is 0.0574. The van der Waals surface area contributed by atoms with E-state index < -0.39 is 0 Å². The molecule has 0 N–H and O–H groups in total. The van der Waals surface area contributed by atoms with E-state index in [2.05, 4.69) is 44.6 Å². The van der Waals surface area contributed by atoms with Crippen molar-refractivity contribution in [2.45, 2.75) is 52.9 Å². The van der Waals surface area contributed by atoms with Crippen LogP contribution in [0.1, 0.15) is 58.8 Å². The van der Waals surface area contributed by atoms with Crippen LogP contribution in [-0.4, -0.2) is 22.5 Å². The van der Waals surface area contributed by atoms with E-state index in [-0.39, 0.29) is 28.6 Å². The summed E-state index contributed by atoms with van der Waals surface area (Å²) in [7, 11) is 0. The molecule has 0 bridgehead atoms. The van der Waals surface area contributed by atoms with Crippen molar-refractivity contribution in [1.82, 2.24) is 9.97 Å². The standard InChI is InChI=1S/C16H24N2O2/c1-7-20-13(19)12-11(16(12,5)6)10-8-17-14(18-9-10)15(2,3)4/h8-9,11-12H,7H2,1-6H3/t11-,12+/m1/s1. The molecule has 1 heterocycles. The molecule has 0 radical (unpaired) electrons. The van der Waals surface area contributed by atoms with E-state index in [0.717, 1.165) is 11.4 Å². The van der Waals surface area contributed by atoms with Crippen molar-refractivity contribution in [1.29, 1.82) is 0 Å². The highest BCUT2D eigenvalue weighted by Gasteiger charge is 2.63. The van der Waals surface area contributed by atoms with E-state index >= 15 is 0 Å². The molecule has 20 heavy (non-hydrogen) atoms. The van der Waals surface area contributed by atoms with Gasteiger partial charge in [0.2, 0.25) is 0 Å². The number of hydrogen-bond acceptors (Lipinski definition) is 4. The molecule has 0 aromatic carbocycles. The Bertz CT molecular complexity index is 500. The summed E-state index contributed by atoms with van der Waals surface area (Å²) in [4.78, 5) is 20.9. The smallest absolute Gasteiger partial charge is 0.310 e. The van der Waals surface area contributed by atoms with E-state index in [1.54, 1.807) is 0 Å². The lowest BCUT2D eigenvalue weighted by Crippen LogP contribution is -2.16. The second-order valence-corrected chi connectivity index (χ2v) is 7.12. The molecule has 2 rings (SSSR count). The molecule has 1 aliphatic rings. The Labute approximate surface area is 121 Å². The van der Waals surface area contributed by atoms with Crippen molar-refractivity contribution in [3.63, 3.8) is 0 Å². The molecule has 4 heteroatoms. The van der Waals surface area contributed by atoms with Crippen molar-refractivity contribution >= 4 is 5.97 Å². The average molecular weight is 276 g/mol. The molecular weight excluding hydrogens is 252 g/mol. The van der Waals surface area contributed by atoms with Crippen LogP contribution in [0, 0.1) is 11.3 Å².